The lowest BCUT2D eigenvalue weighted by molar-refractivity contribution is -0.343. The van der Waals surface area contributed by atoms with Gasteiger partial charge in [-0.25, -0.2) is 14.4 Å². The van der Waals surface area contributed by atoms with Crippen LogP contribution in [-0.2, 0) is 39.9 Å². The summed E-state index contributed by atoms with van der Waals surface area (Å²) in [6.45, 7) is 5.40. The van der Waals surface area contributed by atoms with E-state index in [1.54, 1.807) is 123 Å². The molecule has 0 aromatic heterocycles. The predicted octanol–water partition coefficient (Wildman–Crippen LogP) is 4.96. The van der Waals surface area contributed by atoms with Crippen molar-refractivity contribution in [3.05, 3.63) is 155 Å². The Kier molecular flexibility index (Phi) is 12.5. The number of ether oxygens (including phenoxy) is 5. The number of ketones is 1. The second kappa shape index (κ2) is 17.9. The van der Waals surface area contributed by atoms with Gasteiger partial charge in [-0.05, 0) is 60.4 Å². The molecule has 0 spiro atoms. The fourth-order valence-corrected chi connectivity index (χ4v) is 10.5. The predicted molar refractivity (Wildman–Crippen MR) is 234 cm³/mol. The smallest absolute Gasteiger partial charge is 0.455 e. The van der Waals surface area contributed by atoms with Crippen LogP contribution in [0.1, 0.15) is 78.4 Å². The Bertz CT molecular complexity index is 2500. The second-order valence-corrected chi connectivity index (χ2v) is 18.3. The van der Waals surface area contributed by atoms with Crippen LogP contribution in [0.2, 0.25) is 0 Å². The quantitative estimate of drug-likeness (QED) is 0.0763. The molecule has 3 fully saturated rings. The van der Waals surface area contributed by atoms with Gasteiger partial charge in [0.15, 0.2) is 5.78 Å². The maximum absolute atomic E-state index is 15.0. The number of fused-ring (bicyclic) bond motifs is 5. The number of benzene rings is 4. The van der Waals surface area contributed by atoms with Gasteiger partial charge in [0.25, 0.3) is 5.91 Å². The summed E-state index contributed by atoms with van der Waals surface area (Å²) in [6.07, 6.45) is -11.9. The van der Waals surface area contributed by atoms with Gasteiger partial charge in [-0.1, -0.05) is 111 Å². The highest BCUT2D eigenvalue weighted by atomic mass is 16.7. The van der Waals surface area contributed by atoms with Crippen LogP contribution >= 0.6 is 0 Å². The summed E-state index contributed by atoms with van der Waals surface area (Å²) in [5.74, 6) is -5.28. The zero-order chi connectivity index (χ0) is 47.2. The van der Waals surface area contributed by atoms with Crippen LogP contribution in [0, 0.1) is 16.7 Å². The molecule has 10 unspecified atom stereocenters. The number of nitrogens with one attached hydrogen (secondary N) is 1. The number of aliphatic hydroxyl groups excluding tert-OH is 2. The summed E-state index contributed by atoms with van der Waals surface area (Å²) in [5, 5.41) is 52.9. The molecule has 15 nitrogen and oxygen atoms in total. The third kappa shape index (κ3) is 7.98. The lowest BCUT2D eigenvalue weighted by Crippen LogP contribution is -2.81. The van der Waals surface area contributed by atoms with Gasteiger partial charge in [-0.3, -0.25) is 9.59 Å². The molecular formula is C51H53NO14. The molecule has 2 saturated carbocycles. The lowest BCUT2D eigenvalue weighted by atomic mass is 9.44. The van der Waals surface area contributed by atoms with Crippen LogP contribution < -0.4 is 5.32 Å². The molecule has 3 aliphatic carbocycles. The van der Waals surface area contributed by atoms with Crippen molar-refractivity contribution in [2.45, 2.75) is 101 Å². The van der Waals surface area contributed by atoms with Crippen LogP contribution in [0.3, 0.4) is 0 Å². The van der Waals surface area contributed by atoms with Gasteiger partial charge >= 0.3 is 18.1 Å². The third-order valence-corrected chi connectivity index (χ3v) is 14.3. The summed E-state index contributed by atoms with van der Waals surface area (Å²) in [5.41, 5.74) is -6.71. The fraction of sp³-hybridized carbons (Fsp3) is 0.392. The van der Waals surface area contributed by atoms with Crippen LogP contribution in [-0.4, -0.2) is 105 Å². The summed E-state index contributed by atoms with van der Waals surface area (Å²) < 4.78 is 29.5. The van der Waals surface area contributed by atoms with Gasteiger partial charge in [0.05, 0.1) is 29.8 Å². The van der Waals surface area contributed by atoms with Crippen molar-refractivity contribution in [1.82, 2.24) is 5.32 Å². The molecule has 4 aliphatic rings. The highest BCUT2D eigenvalue weighted by Crippen LogP contribution is 2.63. The Morgan fingerprint density at radius 2 is 1.38 bits per heavy atom. The summed E-state index contributed by atoms with van der Waals surface area (Å²) in [7, 11) is 0. The topological polar surface area (TPSA) is 224 Å². The fourth-order valence-electron chi connectivity index (χ4n) is 10.5. The van der Waals surface area contributed by atoms with Gasteiger partial charge in [0.2, 0.25) is 6.10 Å². The van der Waals surface area contributed by atoms with Crippen LogP contribution in [0.15, 0.2) is 132 Å². The molecule has 1 aliphatic heterocycles. The molecule has 15 heteroatoms. The van der Waals surface area contributed by atoms with Crippen molar-refractivity contribution in [3.63, 3.8) is 0 Å². The SMILES string of the molecule is CC1=C2C(O)C(=O)[C@]3(C)C(O)CC4OCC4(O)C3C(OC(=O)c3ccccc3)C(O)(CC1OC(=O)C(OC(=O)OCc1ccccc1)C(NC(=O)c1ccccc1)c1ccccc1)C2(C)C. The molecule has 1 amide bonds. The molecule has 11 atom stereocenters. The zero-order valence-corrected chi connectivity index (χ0v) is 36.9. The van der Waals surface area contributed by atoms with Gasteiger partial charge in [-0.2, -0.15) is 0 Å². The molecule has 346 valence electrons. The Morgan fingerprint density at radius 3 is 1.97 bits per heavy atom. The molecule has 2 bridgehead atoms. The van der Waals surface area contributed by atoms with Crippen molar-refractivity contribution >= 4 is 29.8 Å². The van der Waals surface area contributed by atoms with Crippen molar-refractivity contribution in [3.8, 4) is 0 Å². The Balaban J connectivity index is 1.23. The first-order valence-corrected chi connectivity index (χ1v) is 21.8. The highest BCUT2D eigenvalue weighted by molar-refractivity contribution is 5.95. The minimum Gasteiger partial charge on any atom is -0.455 e. The monoisotopic (exact) mass is 903 g/mol. The molecule has 5 N–H and O–H groups in total. The van der Waals surface area contributed by atoms with E-state index in [2.05, 4.69) is 5.32 Å². The number of rotatable bonds is 11. The first-order valence-electron chi connectivity index (χ1n) is 21.8. The van der Waals surface area contributed by atoms with E-state index in [1.807, 2.05) is 0 Å². The Morgan fingerprint density at radius 1 is 0.803 bits per heavy atom. The van der Waals surface area contributed by atoms with Crippen molar-refractivity contribution in [2.24, 2.45) is 16.7 Å². The van der Waals surface area contributed by atoms with Crippen molar-refractivity contribution in [1.29, 1.82) is 0 Å². The Hall–Kier alpha value is -6.23. The second-order valence-electron chi connectivity index (χ2n) is 18.3. The number of Topliss-reactive ketones (excluding diaryl/α,β-unsaturated/α-hetero) is 1. The van der Waals surface area contributed by atoms with E-state index in [4.69, 9.17) is 23.7 Å². The number of aliphatic hydroxyl groups is 4. The van der Waals surface area contributed by atoms with Gasteiger partial charge < -0.3 is 49.4 Å². The molecule has 1 heterocycles. The zero-order valence-electron chi connectivity index (χ0n) is 36.9. The van der Waals surface area contributed by atoms with E-state index >= 15 is 0 Å². The summed E-state index contributed by atoms with van der Waals surface area (Å²) in [4.78, 5) is 71.6. The van der Waals surface area contributed by atoms with Gasteiger partial charge in [-0.15, -0.1) is 0 Å². The van der Waals surface area contributed by atoms with E-state index in [9.17, 15) is 44.4 Å². The average molecular weight is 904 g/mol. The number of esters is 2. The van der Waals surface area contributed by atoms with Crippen molar-refractivity contribution in [2.75, 3.05) is 6.61 Å². The summed E-state index contributed by atoms with van der Waals surface area (Å²) in [6, 6.07) is 31.6. The highest BCUT2D eigenvalue weighted by Gasteiger charge is 2.76. The molecule has 4 aromatic carbocycles. The van der Waals surface area contributed by atoms with Crippen LogP contribution in [0.5, 0.6) is 0 Å². The molecule has 4 aromatic rings. The number of hydrogen-bond donors (Lipinski definition) is 5. The summed E-state index contributed by atoms with van der Waals surface area (Å²) >= 11 is 0. The lowest BCUT2D eigenvalue weighted by Gasteiger charge is -2.66. The van der Waals surface area contributed by atoms with Crippen LogP contribution in [0.4, 0.5) is 4.79 Å². The standard InChI is InChI=1S/C51H53NO14/c1-29-34(64-46(58)40(65-47(59)62-27-30-17-9-5-10-18-30)38(31-19-11-6-12-20-31)52-44(56)32-21-13-7-14-22-32)26-51(61)43(66-45(57)33-23-15-8-16-24-33)41-49(4,35(53)25-36-50(41,60)28-63-36)42(55)39(54)37(29)48(51,2)3/h5-24,34-36,38-41,43,53-54,60-61H,25-28H2,1-4H3,(H,52,56)/t34?,35?,36?,38?,39?,40?,41?,43?,49-,50?,51?/m1/s1. The minimum atomic E-state index is -2.39. The first kappa shape index (κ1) is 46.3. The first-order chi connectivity index (χ1) is 31.4. The third-order valence-electron chi connectivity index (χ3n) is 14.3. The van der Waals surface area contributed by atoms with E-state index in [0.29, 0.717) is 11.1 Å². The maximum Gasteiger partial charge on any atom is 0.509 e. The van der Waals surface area contributed by atoms with E-state index in [1.165, 1.54) is 26.0 Å². The number of hydrogen-bond acceptors (Lipinski definition) is 14. The molecular weight excluding hydrogens is 851 g/mol. The molecule has 66 heavy (non-hydrogen) atoms. The Labute approximate surface area is 381 Å². The number of carbonyl (C=O) groups is 5. The number of carbonyl (C=O) groups excluding carboxylic acids is 5. The molecule has 8 rings (SSSR count). The van der Waals surface area contributed by atoms with E-state index in [0.717, 1.165) is 0 Å². The number of amides is 1. The maximum atomic E-state index is 15.0. The minimum absolute atomic E-state index is 0.0770. The normalized spacial score (nSPS) is 30.6. The molecule has 1 saturated heterocycles. The average Bonchev–Trinajstić information content (AvgIpc) is 3.32. The van der Waals surface area contributed by atoms with E-state index in [-0.39, 0.29) is 41.9 Å². The van der Waals surface area contributed by atoms with E-state index < -0.39 is 107 Å². The van der Waals surface area contributed by atoms with Gasteiger partial charge in [0.1, 0.15) is 42.2 Å². The van der Waals surface area contributed by atoms with Crippen LogP contribution in [0.25, 0.3) is 0 Å². The largest absolute Gasteiger partial charge is 0.509 e. The molecule has 0 radical (unpaired) electrons. The van der Waals surface area contributed by atoms with Crippen molar-refractivity contribution < 1.29 is 68.1 Å². The van der Waals surface area contributed by atoms with Gasteiger partial charge in [0, 0.05) is 29.7 Å².